The molecule has 0 aromatic carbocycles. The van der Waals surface area contributed by atoms with Gasteiger partial charge >= 0.3 is 0 Å². The molecule has 1 aliphatic heterocycles. The molecule has 1 rings (SSSR count). The fraction of sp³-hybridized carbons (Fsp3) is 1.00. The molecule has 0 aromatic rings. The van der Waals surface area contributed by atoms with Crippen LogP contribution in [0.1, 0.15) is 40.0 Å². The molecule has 1 N–H and O–H groups in total. The summed E-state index contributed by atoms with van der Waals surface area (Å²) in [4.78, 5) is 0. The van der Waals surface area contributed by atoms with E-state index in [2.05, 4.69) is 20.8 Å². The van der Waals surface area contributed by atoms with Crippen LogP contribution >= 0.6 is 0 Å². The molecule has 0 radical (unpaired) electrons. The van der Waals surface area contributed by atoms with Gasteiger partial charge in [0.25, 0.3) is 0 Å². The molecule has 2 nitrogen and oxygen atoms in total. The fourth-order valence-electron chi connectivity index (χ4n) is 1.63. The number of hydrogen-bond acceptors (Lipinski definition) is 2. The Balaban J connectivity index is 2.58. The number of hydroxylamine groups is 2. The molecule has 1 aliphatic rings. The Bertz CT molecular complexity index is 122. The van der Waals surface area contributed by atoms with Gasteiger partial charge in [0.1, 0.15) is 0 Å². The first-order valence-electron chi connectivity index (χ1n) is 4.06. The average molecular weight is 143 g/mol. The zero-order valence-corrected chi connectivity index (χ0v) is 7.09. The smallest absolute Gasteiger partial charge is 0.0408 e. The first kappa shape index (κ1) is 8.02. The molecule has 60 valence electrons. The molecule has 0 aromatic heterocycles. The number of hydrogen-bond donors (Lipinski definition) is 1. The van der Waals surface area contributed by atoms with Crippen LogP contribution in [0.25, 0.3) is 0 Å². The van der Waals surface area contributed by atoms with Crippen LogP contribution in [-0.4, -0.2) is 21.9 Å². The highest BCUT2D eigenvalue weighted by Crippen LogP contribution is 2.32. The van der Waals surface area contributed by atoms with Crippen molar-refractivity contribution in [2.24, 2.45) is 0 Å². The van der Waals surface area contributed by atoms with Crippen molar-refractivity contribution in [3.63, 3.8) is 0 Å². The second-order valence-electron chi connectivity index (χ2n) is 3.76. The number of nitrogens with zero attached hydrogens (tertiary/aromatic N) is 1. The van der Waals surface area contributed by atoms with Crippen molar-refractivity contribution in [2.45, 2.75) is 51.6 Å². The Morgan fingerprint density at radius 1 is 1.60 bits per heavy atom. The molecule has 0 amide bonds. The molecular weight excluding hydrogens is 126 g/mol. The van der Waals surface area contributed by atoms with Gasteiger partial charge < -0.3 is 5.21 Å². The predicted octanol–water partition coefficient (Wildman–Crippen LogP) is 2.03. The van der Waals surface area contributed by atoms with Gasteiger partial charge in [0.05, 0.1) is 0 Å². The lowest BCUT2D eigenvalue weighted by Crippen LogP contribution is -2.39. The van der Waals surface area contributed by atoms with Crippen molar-refractivity contribution in [2.75, 3.05) is 0 Å². The standard InChI is InChI=1S/C8H17NO/c1-4-7-5-6-8(2,3)9(7)10/h7,10H,4-6H2,1-3H3. The lowest BCUT2D eigenvalue weighted by molar-refractivity contribution is -0.164. The molecule has 1 unspecified atom stereocenters. The Kier molecular flexibility index (Phi) is 2.02. The van der Waals surface area contributed by atoms with Gasteiger partial charge in [-0.1, -0.05) is 6.92 Å². The van der Waals surface area contributed by atoms with Crippen LogP contribution in [-0.2, 0) is 0 Å². The Hall–Kier alpha value is -0.0800. The Morgan fingerprint density at radius 3 is 2.40 bits per heavy atom. The highest BCUT2D eigenvalue weighted by Gasteiger charge is 2.37. The van der Waals surface area contributed by atoms with E-state index in [4.69, 9.17) is 0 Å². The van der Waals surface area contributed by atoms with E-state index >= 15 is 0 Å². The van der Waals surface area contributed by atoms with Crippen molar-refractivity contribution in [1.29, 1.82) is 0 Å². The maximum Gasteiger partial charge on any atom is 0.0408 e. The maximum atomic E-state index is 9.55. The van der Waals surface area contributed by atoms with Gasteiger partial charge in [-0.2, -0.15) is 5.06 Å². The first-order valence-corrected chi connectivity index (χ1v) is 4.06. The quantitative estimate of drug-likeness (QED) is 0.607. The van der Waals surface area contributed by atoms with Crippen molar-refractivity contribution in [3.8, 4) is 0 Å². The van der Waals surface area contributed by atoms with Gasteiger partial charge in [-0.05, 0) is 33.1 Å². The third kappa shape index (κ3) is 1.18. The number of rotatable bonds is 1. The minimum Gasteiger partial charge on any atom is -0.313 e. The van der Waals surface area contributed by atoms with Gasteiger partial charge in [-0.25, -0.2) is 0 Å². The zero-order valence-electron chi connectivity index (χ0n) is 7.09. The van der Waals surface area contributed by atoms with E-state index in [9.17, 15) is 5.21 Å². The molecule has 1 atom stereocenters. The van der Waals surface area contributed by atoms with Crippen molar-refractivity contribution in [1.82, 2.24) is 5.06 Å². The minimum absolute atomic E-state index is 0.0146. The molecule has 0 bridgehead atoms. The van der Waals surface area contributed by atoms with Gasteiger partial charge in [-0.15, -0.1) is 0 Å². The topological polar surface area (TPSA) is 23.5 Å². The van der Waals surface area contributed by atoms with E-state index in [0.717, 1.165) is 19.3 Å². The summed E-state index contributed by atoms with van der Waals surface area (Å²) >= 11 is 0. The summed E-state index contributed by atoms with van der Waals surface area (Å²) < 4.78 is 0. The van der Waals surface area contributed by atoms with Crippen LogP contribution in [0.5, 0.6) is 0 Å². The maximum absolute atomic E-state index is 9.55. The van der Waals surface area contributed by atoms with Crippen molar-refractivity contribution < 1.29 is 5.21 Å². The third-order valence-electron chi connectivity index (χ3n) is 2.53. The average Bonchev–Trinajstić information content (AvgIpc) is 2.10. The fourth-order valence-corrected chi connectivity index (χ4v) is 1.63. The molecule has 1 heterocycles. The molecule has 2 heteroatoms. The normalized spacial score (nSPS) is 33.0. The van der Waals surface area contributed by atoms with Crippen molar-refractivity contribution >= 4 is 0 Å². The largest absolute Gasteiger partial charge is 0.313 e. The van der Waals surface area contributed by atoms with Gasteiger partial charge in [0.15, 0.2) is 0 Å². The van der Waals surface area contributed by atoms with E-state index < -0.39 is 0 Å². The molecule has 0 spiro atoms. The van der Waals surface area contributed by atoms with Crippen molar-refractivity contribution in [3.05, 3.63) is 0 Å². The third-order valence-corrected chi connectivity index (χ3v) is 2.53. The van der Waals surface area contributed by atoms with E-state index in [1.807, 2.05) is 0 Å². The van der Waals surface area contributed by atoms with E-state index in [1.54, 1.807) is 0 Å². The summed E-state index contributed by atoms with van der Waals surface area (Å²) in [5.74, 6) is 0. The molecule has 1 fully saturated rings. The molecule has 1 saturated heterocycles. The molecule has 0 aliphatic carbocycles. The summed E-state index contributed by atoms with van der Waals surface area (Å²) in [5.41, 5.74) is 0.0146. The van der Waals surface area contributed by atoms with Gasteiger partial charge in [-0.3, -0.25) is 0 Å². The summed E-state index contributed by atoms with van der Waals surface area (Å²) in [6.45, 7) is 6.29. The molecule has 0 saturated carbocycles. The first-order chi connectivity index (χ1) is 4.58. The predicted molar refractivity (Wildman–Crippen MR) is 41.0 cm³/mol. The summed E-state index contributed by atoms with van der Waals surface area (Å²) in [7, 11) is 0. The second-order valence-corrected chi connectivity index (χ2v) is 3.76. The molecule has 10 heavy (non-hydrogen) atoms. The van der Waals surface area contributed by atoms with Gasteiger partial charge in [0.2, 0.25) is 0 Å². The van der Waals surface area contributed by atoms with E-state index in [0.29, 0.717) is 6.04 Å². The van der Waals surface area contributed by atoms with Crippen LogP contribution in [0.2, 0.25) is 0 Å². The van der Waals surface area contributed by atoms with Crippen LogP contribution in [0, 0.1) is 0 Å². The summed E-state index contributed by atoms with van der Waals surface area (Å²) in [6.07, 6.45) is 3.31. The van der Waals surface area contributed by atoms with Crippen LogP contribution in [0.4, 0.5) is 0 Å². The lowest BCUT2D eigenvalue weighted by Gasteiger charge is -2.28. The minimum atomic E-state index is 0.0146. The Labute approximate surface area is 62.8 Å². The van der Waals surface area contributed by atoms with Crippen LogP contribution in [0.3, 0.4) is 0 Å². The zero-order chi connectivity index (χ0) is 7.78. The van der Waals surface area contributed by atoms with Crippen LogP contribution in [0.15, 0.2) is 0 Å². The SMILES string of the molecule is CCC1CCC(C)(C)N1O. The molecular formula is C8H17NO. The lowest BCUT2D eigenvalue weighted by atomic mass is 10.0. The van der Waals surface area contributed by atoms with E-state index in [1.165, 1.54) is 5.06 Å². The van der Waals surface area contributed by atoms with Crippen LogP contribution < -0.4 is 0 Å². The van der Waals surface area contributed by atoms with E-state index in [-0.39, 0.29) is 5.54 Å². The second kappa shape index (κ2) is 2.51. The van der Waals surface area contributed by atoms with Gasteiger partial charge in [0, 0.05) is 11.6 Å². The summed E-state index contributed by atoms with van der Waals surface area (Å²) in [6, 6.07) is 0.398. The highest BCUT2D eigenvalue weighted by molar-refractivity contribution is 4.88. The highest BCUT2D eigenvalue weighted by atomic mass is 16.5. The Morgan fingerprint density at radius 2 is 2.20 bits per heavy atom. The summed E-state index contributed by atoms with van der Waals surface area (Å²) in [5, 5.41) is 11.1. The monoisotopic (exact) mass is 143 g/mol.